The second kappa shape index (κ2) is 3.67. The minimum Gasteiger partial charge on any atom is -0.324 e. The Morgan fingerprint density at radius 3 is 2.86 bits per heavy atom. The topological polar surface area (TPSA) is 38.9 Å². The zero-order valence-electron chi connectivity index (χ0n) is 7.87. The quantitative estimate of drug-likeness (QED) is 0.846. The smallest absolute Gasteiger partial charge is 0.0716 e. The number of aromatic nitrogens is 1. The molecule has 0 fully saturated rings. The van der Waals surface area contributed by atoms with E-state index >= 15 is 0 Å². The summed E-state index contributed by atoms with van der Waals surface area (Å²) in [6.07, 6.45) is 1.80. The minimum absolute atomic E-state index is 0.0432. The molecule has 3 heteroatoms. The van der Waals surface area contributed by atoms with Crippen LogP contribution in [0.2, 0.25) is 0 Å². The minimum atomic E-state index is 0.0432. The highest BCUT2D eigenvalue weighted by atomic mass is 79.9. The van der Waals surface area contributed by atoms with Crippen molar-refractivity contribution in [3.8, 4) is 0 Å². The normalized spacial score (nSPS) is 13.1. The van der Waals surface area contributed by atoms with Crippen LogP contribution in [0.3, 0.4) is 0 Å². The van der Waals surface area contributed by atoms with E-state index in [0.717, 1.165) is 20.9 Å². The SMILES string of the molecule is CC(N)c1ccnc2cc(Br)ccc12. The van der Waals surface area contributed by atoms with Gasteiger partial charge in [-0.2, -0.15) is 0 Å². The molecule has 0 amide bonds. The third-order valence-corrected chi connectivity index (χ3v) is 2.72. The molecule has 0 radical (unpaired) electrons. The van der Waals surface area contributed by atoms with Gasteiger partial charge in [-0.15, -0.1) is 0 Å². The summed E-state index contributed by atoms with van der Waals surface area (Å²) in [7, 11) is 0. The van der Waals surface area contributed by atoms with E-state index in [1.807, 2.05) is 31.2 Å². The maximum absolute atomic E-state index is 5.88. The van der Waals surface area contributed by atoms with Gasteiger partial charge in [0.1, 0.15) is 0 Å². The lowest BCUT2D eigenvalue weighted by atomic mass is 10.0. The molecular formula is C11H11BrN2. The third-order valence-electron chi connectivity index (χ3n) is 2.23. The number of hydrogen-bond donors (Lipinski definition) is 1. The molecule has 1 unspecified atom stereocenters. The van der Waals surface area contributed by atoms with Gasteiger partial charge in [0.15, 0.2) is 0 Å². The van der Waals surface area contributed by atoms with Crippen LogP contribution in [-0.4, -0.2) is 4.98 Å². The van der Waals surface area contributed by atoms with E-state index in [-0.39, 0.29) is 6.04 Å². The second-order valence-electron chi connectivity index (χ2n) is 3.35. The van der Waals surface area contributed by atoms with Crippen LogP contribution < -0.4 is 5.73 Å². The van der Waals surface area contributed by atoms with E-state index < -0.39 is 0 Å². The summed E-state index contributed by atoms with van der Waals surface area (Å²) in [6.45, 7) is 1.98. The first-order chi connectivity index (χ1) is 6.68. The molecule has 72 valence electrons. The Morgan fingerprint density at radius 2 is 2.14 bits per heavy atom. The number of hydrogen-bond acceptors (Lipinski definition) is 2. The number of halogens is 1. The van der Waals surface area contributed by atoms with Gasteiger partial charge >= 0.3 is 0 Å². The van der Waals surface area contributed by atoms with Crippen molar-refractivity contribution in [2.45, 2.75) is 13.0 Å². The average molecular weight is 251 g/mol. The van der Waals surface area contributed by atoms with Gasteiger partial charge in [0, 0.05) is 22.1 Å². The summed E-state index contributed by atoms with van der Waals surface area (Å²) in [5, 5.41) is 1.13. The van der Waals surface area contributed by atoms with E-state index in [2.05, 4.69) is 20.9 Å². The molecule has 14 heavy (non-hydrogen) atoms. The summed E-state index contributed by atoms with van der Waals surface area (Å²) >= 11 is 3.42. The number of fused-ring (bicyclic) bond motifs is 1. The lowest BCUT2D eigenvalue weighted by Gasteiger charge is -2.08. The first kappa shape index (κ1) is 9.62. The zero-order valence-corrected chi connectivity index (χ0v) is 9.45. The molecular weight excluding hydrogens is 240 g/mol. The lowest BCUT2D eigenvalue weighted by molar-refractivity contribution is 0.825. The van der Waals surface area contributed by atoms with E-state index in [0.29, 0.717) is 0 Å². The number of nitrogens with two attached hydrogens (primary N) is 1. The standard InChI is InChI=1S/C11H11BrN2/c1-7(13)9-4-5-14-11-6-8(12)2-3-10(9)11/h2-7H,13H2,1H3. The molecule has 0 saturated carbocycles. The highest BCUT2D eigenvalue weighted by Gasteiger charge is 2.05. The number of rotatable bonds is 1. The Balaban J connectivity index is 2.75. The molecule has 0 saturated heterocycles. The molecule has 0 aliphatic heterocycles. The third kappa shape index (κ3) is 1.65. The summed E-state index contributed by atoms with van der Waals surface area (Å²) in [6, 6.07) is 8.07. The van der Waals surface area contributed by atoms with E-state index in [1.165, 1.54) is 0 Å². The van der Waals surface area contributed by atoms with Gasteiger partial charge in [0.05, 0.1) is 5.52 Å². The summed E-state index contributed by atoms with van der Waals surface area (Å²) < 4.78 is 1.04. The molecule has 1 aromatic heterocycles. The van der Waals surface area contributed by atoms with E-state index in [9.17, 15) is 0 Å². The highest BCUT2D eigenvalue weighted by Crippen LogP contribution is 2.23. The Hall–Kier alpha value is -0.930. The van der Waals surface area contributed by atoms with Gasteiger partial charge in [-0.25, -0.2) is 0 Å². The largest absolute Gasteiger partial charge is 0.324 e. The molecule has 1 heterocycles. The van der Waals surface area contributed by atoms with Crippen LogP contribution in [0.15, 0.2) is 34.9 Å². The first-order valence-corrected chi connectivity index (χ1v) is 5.27. The summed E-state index contributed by atoms with van der Waals surface area (Å²) in [4.78, 5) is 4.30. The second-order valence-corrected chi connectivity index (χ2v) is 4.27. The van der Waals surface area contributed by atoms with Crippen molar-refractivity contribution in [1.29, 1.82) is 0 Å². The Morgan fingerprint density at radius 1 is 1.36 bits per heavy atom. The fourth-order valence-electron chi connectivity index (χ4n) is 1.54. The van der Waals surface area contributed by atoms with Crippen LogP contribution in [-0.2, 0) is 0 Å². The van der Waals surface area contributed by atoms with Crippen molar-refractivity contribution in [1.82, 2.24) is 4.98 Å². The van der Waals surface area contributed by atoms with Crippen LogP contribution in [0.1, 0.15) is 18.5 Å². The predicted octanol–water partition coefficient (Wildman–Crippen LogP) is 3.02. The fourth-order valence-corrected chi connectivity index (χ4v) is 1.89. The predicted molar refractivity (Wildman–Crippen MR) is 62.0 cm³/mol. The van der Waals surface area contributed by atoms with Gasteiger partial charge in [-0.05, 0) is 30.7 Å². The lowest BCUT2D eigenvalue weighted by Crippen LogP contribution is -2.05. The molecule has 1 aromatic carbocycles. The van der Waals surface area contributed by atoms with Gasteiger partial charge < -0.3 is 5.73 Å². The van der Waals surface area contributed by atoms with Crippen molar-refractivity contribution < 1.29 is 0 Å². The molecule has 0 aliphatic rings. The number of benzene rings is 1. The summed E-state index contributed by atoms with van der Waals surface area (Å²) in [5.41, 5.74) is 8.00. The van der Waals surface area contributed by atoms with Crippen LogP contribution in [0.5, 0.6) is 0 Å². The maximum Gasteiger partial charge on any atom is 0.0716 e. The molecule has 0 aliphatic carbocycles. The van der Waals surface area contributed by atoms with Gasteiger partial charge in [-0.3, -0.25) is 4.98 Å². The van der Waals surface area contributed by atoms with Crippen molar-refractivity contribution in [3.63, 3.8) is 0 Å². The summed E-state index contributed by atoms with van der Waals surface area (Å²) in [5.74, 6) is 0. The number of pyridine rings is 1. The van der Waals surface area contributed by atoms with Gasteiger partial charge in [-0.1, -0.05) is 22.0 Å². The Kier molecular flexibility index (Phi) is 2.52. The Labute approximate surface area is 91.3 Å². The molecule has 2 rings (SSSR count). The number of nitrogens with zero attached hydrogens (tertiary/aromatic N) is 1. The van der Waals surface area contributed by atoms with Crippen molar-refractivity contribution >= 4 is 26.8 Å². The monoisotopic (exact) mass is 250 g/mol. The fraction of sp³-hybridized carbons (Fsp3) is 0.182. The van der Waals surface area contributed by atoms with Crippen LogP contribution in [0, 0.1) is 0 Å². The van der Waals surface area contributed by atoms with Crippen LogP contribution >= 0.6 is 15.9 Å². The van der Waals surface area contributed by atoms with E-state index in [4.69, 9.17) is 5.73 Å². The van der Waals surface area contributed by atoms with E-state index in [1.54, 1.807) is 6.20 Å². The molecule has 0 bridgehead atoms. The molecule has 0 spiro atoms. The first-order valence-electron chi connectivity index (χ1n) is 4.48. The van der Waals surface area contributed by atoms with Crippen LogP contribution in [0.4, 0.5) is 0 Å². The van der Waals surface area contributed by atoms with Gasteiger partial charge in [0.2, 0.25) is 0 Å². The molecule has 2 N–H and O–H groups in total. The van der Waals surface area contributed by atoms with Crippen molar-refractivity contribution in [3.05, 3.63) is 40.5 Å². The van der Waals surface area contributed by atoms with Crippen molar-refractivity contribution in [2.24, 2.45) is 5.73 Å². The molecule has 2 aromatic rings. The molecule has 1 atom stereocenters. The highest BCUT2D eigenvalue weighted by molar-refractivity contribution is 9.10. The van der Waals surface area contributed by atoms with Crippen molar-refractivity contribution in [2.75, 3.05) is 0 Å². The maximum atomic E-state index is 5.88. The van der Waals surface area contributed by atoms with Crippen LogP contribution in [0.25, 0.3) is 10.9 Å². The van der Waals surface area contributed by atoms with Gasteiger partial charge in [0.25, 0.3) is 0 Å². The zero-order chi connectivity index (χ0) is 10.1. The Bertz CT molecular complexity index is 466. The average Bonchev–Trinajstić information content (AvgIpc) is 2.16. The molecule has 2 nitrogen and oxygen atoms in total.